The molecule has 182 valence electrons. The molecule has 0 radical (unpaired) electrons. The van der Waals surface area contributed by atoms with E-state index in [2.05, 4.69) is 10.6 Å². The SMILES string of the molecule is O=C(COc1ccc2c(c1)CCC/C2=N/OCc1ccc(C(F)(F)F)cc1)NN1CCCCC1. The highest BCUT2D eigenvalue weighted by Gasteiger charge is 2.30. The molecule has 1 fully saturated rings. The number of hydrogen-bond donors (Lipinski definition) is 1. The van der Waals surface area contributed by atoms with Crippen molar-refractivity contribution in [2.75, 3.05) is 19.7 Å². The third-order valence-corrected chi connectivity index (χ3v) is 5.94. The Morgan fingerprint density at radius 1 is 1.00 bits per heavy atom. The molecular formula is C25H28F3N3O3. The summed E-state index contributed by atoms with van der Waals surface area (Å²) in [5.41, 5.74) is 5.63. The first-order valence-electron chi connectivity index (χ1n) is 11.5. The average molecular weight is 476 g/mol. The number of oxime groups is 1. The average Bonchev–Trinajstić information content (AvgIpc) is 2.83. The molecule has 1 aliphatic heterocycles. The van der Waals surface area contributed by atoms with E-state index in [1.807, 2.05) is 23.2 Å². The number of aryl methyl sites for hydroxylation is 1. The van der Waals surface area contributed by atoms with Gasteiger partial charge in [-0.15, -0.1) is 0 Å². The third kappa shape index (κ3) is 6.50. The van der Waals surface area contributed by atoms with Crippen LogP contribution in [0.1, 0.15) is 54.4 Å². The van der Waals surface area contributed by atoms with E-state index in [1.54, 1.807) is 0 Å². The van der Waals surface area contributed by atoms with Crippen molar-refractivity contribution in [2.24, 2.45) is 5.16 Å². The number of amides is 1. The van der Waals surface area contributed by atoms with E-state index in [-0.39, 0.29) is 19.1 Å². The summed E-state index contributed by atoms with van der Waals surface area (Å²) in [5.74, 6) is 0.456. The largest absolute Gasteiger partial charge is 0.484 e. The molecule has 1 aliphatic carbocycles. The summed E-state index contributed by atoms with van der Waals surface area (Å²) in [5, 5.41) is 6.18. The van der Waals surface area contributed by atoms with E-state index in [0.29, 0.717) is 11.3 Å². The highest BCUT2D eigenvalue weighted by Crippen LogP contribution is 2.29. The van der Waals surface area contributed by atoms with Crippen LogP contribution in [0.25, 0.3) is 0 Å². The maximum absolute atomic E-state index is 12.7. The number of ether oxygens (including phenoxy) is 1. The number of hydrazine groups is 1. The molecule has 4 rings (SSSR count). The number of fused-ring (bicyclic) bond motifs is 1. The Bertz CT molecular complexity index is 1020. The minimum atomic E-state index is -4.36. The van der Waals surface area contributed by atoms with E-state index in [0.717, 1.165) is 74.2 Å². The molecule has 0 atom stereocenters. The number of carbonyl (C=O) groups is 1. The summed E-state index contributed by atoms with van der Waals surface area (Å²) in [6, 6.07) is 10.5. The monoisotopic (exact) mass is 475 g/mol. The quantitative estimate of drug-likeness (QED) is 0.581. The predicted octanol–water partition coefficient (Wildman–Crippen LogP) is 4.86. The van der Waals surface area contributed by atoms with Crippen LogP contribution >= 0.6 is 0 Å². The first-order valence-corrected chi connectivity index (χ1v) is 11.5. The fourth-order valence-corrected chi connectivity index (χ4v) is 4.16. The Kier molecular flexibility index (Phi) is 7.72. The summed E-state index contributed by atoms with van der Waals surface area (Å²) < 4.78 is 43.7. The second-order valence-electron chi connectivity index (χ2n) is 8.55. The van der Waals surface area contributed by atoms with E-state index in [9.17, 15) is 18.0 Å². The van der Waals surface area contributed by atoms with Crippen LogP contribution in [0.5, 0.6) is 5.75 Å². The number of rotatable bonds is 7. The molecule has 1 amide bonds. The third-order valence-electron chi connectivity index (χ3n) is 5.94. The van der Waals surface area contributed by atoms with Crippen molar-refractivity contribution in [1.82, 2.24) is 10.4 Å². The molecule has 0 bridgehead atoms. The number of carbonyl (C=O) groups excluding carboxylic acids is 1. The first kappa shape index (κ1) is 24.1. The van der Waals surface area contributed by atoms with Crippen LogP contribution in [-0.2, 0) is 28.8 Å². The lowest BCUT2D eigenvalue weighted by molar-refractivity contribution is -0.137. The Balaban J connectivity index is 1.31. The smallest absolute Gasteiger partial charge is 0.416 e. The molecular weight excluding hydrogens is 447 g/mol. The van der Waals surface area contributed by atoms with Crippen molar-refractivity contribution in [3.8, 4) is 5.75 Å². The van der Waals surface area contributed by atoms with Crippen molar-refractivity contribution < 1.29 is 27.5 Å². The Labute approximate surface area is 196 Å². The van der Waals surface area contributed by atoms with E-state index in [4.69, 9.17) is 9.57 Å². The predicted molar refractivity (Wildman–Crippen MR) is 121 cm³/mol. The topological polar surface area (TPSA) is 63.2 Å². The minimum absolute atomic E-state index is 0.0491. The molecule has 0 saturated carbocycles. The van der Waals surface area contributed by atoms with Gasteiger partial charge in [-0.2, -0.15) is 13.2 Å². The molecule has 6 nitrogen and oxygen atoms in total. The number of benzene rings is 2. The second-order valence-corrected chi connectivity index (χ2v) is 8.55. The molecule has 34 heavy (non-hydrogen) atoms. The zero-order valence-corrected chi connectivity index (χ0v) is 18.9. The molecule has 0 unspecified atom stereocenters. The number of nitrogens with zero attached hydrogens (tertiary/aromatic N) is 2. The maximum atomic E-state index is 12.7. The molecule has 1 N–H and O–H groups in total. The van der Waals surface area contributed by atoms with Gasteiger partial charge in [0.25, 0.3) is 5.91 Å². The highest BCUT2D eigenvalue weighted by molar-refractivity contribution is 6.02. The van der Waals surface area contributed by atoms with Crippen LogP contribution in [0, 0.1) is 0 Å². The maximum Gasteiger partial charge on any atom is 0.416 e. The minimum Gasteiger partial charge on any atom is -0.484 e. The van der Waals surface area contributed by atoms with Gasteiger partial charge in [-0.25, -0.2) is 5.01 Å². The summed E-state index contributed by atoms with van der Waals surface area (Å²) >= 11 is 0. The van der Waals surface area contributed by atoms with Crippen molar-refractivity contribution in [1.29, 1.82) is 0 Å². The molecule has 9 heteroatoms. The van der Waals surface area contributed by atoms with Gasteiger partial charge in [0.15, 0.2) is 6.61 Å². The fourth-order valence-electron chi connectivity index (χ4n) is 4.16. The zero-order chi connectivity index (χ0) is 24.0. The summed E-state index contributed by atoms with van der Waals surface area (Å²) in [7, 11) is 0. The van der Waals surface area contributed by atoms with Crippen LogP contribution in [0.3, 0.4) is 0 Å². The lowest BCUT2D eigenvalue weighted by atomic mass is 9.90. The van der Waals surface area contributed by atoms with Crippen LogP contribution in [0.4, 0.5) is 13.2 Å². The van der Waals surface area contributed by atoms with Gasteiger partial charge in [-0.05, 0) is 73.6 Å². The van der Waals surface area contributed by atoms with Crippen molar-refractivity contribution in [3.63, 3.8) is 0 Å². The molecule has 0 spiro atoms. The van der Waals surface area contributed by atoms with Crippen molar-refractivity contribution >= 4 is 11.6 Å². The lowest BCUT2D eigenvalue weighted by Gasteiger charge is -2.26. The van der Waals surface area contributed by atoms with E-state index in [1.165, 1.54) is 18.6 Å². The van der Waals surface area contributed by atoms with Crippen LogP contribution in [-0.4, -0.2) is 36.3 Å². The van der Waals surface area contributed by atoms with Gasteiger partial charge < -0.3 is 9.57 Å². The van der Waals surface area contributed by atoms with Crippen LogP contribution in [0.2, 0.25) is 0 Å². The van der Waals surface area contributed by atoms with Gasteiger partial charge >= 0.3 is 6.18 Å². The summed E-state index contributed by atoms with van der Waals surface area (Å²) in [6.07, 6.45) is 1.53. The number of alkyl halides is 3. The molecule has 1 heterocycles. The molecule has 2 aromatic carbocycles. The second kappa shape index (κ2) is 10.9. The Hall–Kier alpha value is -3.07. The van der Waals surface area contributed by atoms with E-state index >= 15 is 0 Å². The summed E-state index contributed by atoms with van der Waals surface area (Å²) in [4.78, 5) is 17.6. The van der Waals surface area contributed by atoms with Crippen LogP contribution < -0.4 is 10.2 Å². The highest BCUT2D eigenvalue weighted by atomic mass is 19.4. The lowest BCUT2D eigenvalue weighted by Crippen LogP contribution is -2.46. The number of hydrogen-bond acceptors (Lipinski definition) is 5. The number of piperidine rings is 1. The van der Waals surface area contributed by atoms with E-state index < -0.39 is 11.7 Å². The van der Waals surface area contributed by atoms with Gasteiger partial charge in [-0.1, -0.05) is 23.7 Å². The number of nitrogens with one attached hydrogen (secondary N) is 1. The van der Waals surface area contributed by atoms with Crippen molar-refractivity contribution in [3.05, 3.63) is 64.7 Å². The first-order chi connectivity index (χ1) is 16.4. The summed E-state index contributed by atoms with van der Waals surface area (Å²) in [6.45, 7) is 1.78. The molecule has 1 saturated heterocycles. The van der Waals surface area contributed by atoms with Gasteiger partial charge in [0.1, 0.15) is 12.4 Å². The zero-order valence-electron chi connectivity index (χ0n) is 18.9. The fraction of sp³-hybridized carbons (Fsp3) is 0.440. The van der Waals surface area contributed by atoms with Crippen LogP contribution in [0.15, 0.2) is 47.6 Å². The Morgan fingerprint density at radius 2 is 1.76 bits per heavy atom. The standard InChI is InChI=1S/C25H28F3N3O3/c26-25(27,28)20-9-7-18(8-10-20)16-34-30-23-6-4-5-19-15-21(11-12-22(19)23)33-17-24(32)29-31-13-2-1-3-14-31/h7-12,15H,1-6,13-14,16-17H2,(H,29,32)/b30-23-. The van der Waals surface area contributed by atoms with Gasteiger partial charge in [0, 0.05) is 18.7 Å². The number of halogens is 3. The van der Waals surface area contributed by atoms with Gasteiger partial charge in [-0.3, -0.25) is 10.2 Å². The normalized spacial score (nSPS) is 17.8. The Morgan fingerprint density at radius 3 is 2.50 bits per heavy atom. The molecule has 0 aromatic heterocycles. The van der Waals surface area contributed by atoms with Gasteiger partial charge in [0.05, 0.1) is 11.3 Å². The molecule has 2 aromatic rings. The molecule has 2 aliphatic rings. The van der Waals surface area contributed by atoms with Crippen molar-refractivity contribution in [2.45, 2.75) is 51.3 Å². The van der Waals surface area contributed by atoms with Gasteiger partial charge in [0.2, 0.25) is 0 Å².